The average Bonchev–Trinajstić information content (AvgIpc) is 2.38. The first kappa shape index (κ1) is 15.7. The fraction of sp³-hybridized carbons (Fsp3) is 0.400. The lowest BCUT2D eigenvalue weighted by Gasteiger charge is -2.10. The Morgan fingerprint density at radius 3 is 2.63 bits per heavy atom. The Morgan fingerprint density at radius 1 is 1.42 bits per heavy atom. The topological polar surface area (TPSA) is 101 Å². The zero-order valence-corrected chi connectivity index (χ0v) is 12.2. The molecule has 0 aliphatic heterocycles. The molecular weight excluding hydrogens is 290 g/mol. The van der Waals surface area contributed by atoms with Gasteiger partial charge in [0.1, 0.15) is 4.90 Å². The van der Waals surface area contributed by atoms with Crippen molar-refractivity contribution in [3.05, 3.63) is 28.3 Å². The third-order valence-electron chi connectivity index (χ3n) is 2.33. The molecule has 1 rings (SSSR count). The van der Waals surface area contributed by atoms with Crippen molar-refractivity contribution in [1.29, 1.82) is 0 Å². The molecule has 1 aromatic rings. The molecule has 2 N–H and O–H groups in total. The van der Waals surface area contributed by atoms with Crippen LogP contribution in [0.5, 0.6) is 0 Å². The summed E-state index contributed by atoms with van der Waals surface area (Å²) in [5, 5.41) is 13.4. The van der Waals surface area contributed by atoms with E-state index in [2.05, 4.69) is 10.0 Å². The van der Waals surface area contributed by atoms with Crippen LogP contribution in [0, 0.1) is 10.1 Å². The van der Waals surface area contributed by atoms with E-state index in [9.17, 15) is 18.5 Å². The lowest BCUT2D eigenvalue weighted by molar-refractivity contribution is -0.385. The minimum atomic E-state index is -3.76. The van der Waals surface area contributed by atoms with Gasteiger partial charge in [-0.2, -0.15) is 11.8 Å². The van der Waals surface area contributed by atoms with E-state index in [4.69, 9.17) is 0 Å². The van der Waals surface area contributed by atoms with Crippen molar-refractivity contribution in [1.82, 2.24) is 4.72 Å². The molecule has 0 unspecified atom stereocenters. The normalized spacial score (nSPS) is 11.3. The zero-order chi connectivity index (χ0) is 14.5. The summed E-state index contributed by atoms with van der Waals surface area (Å²) >= 11 is 1.50. The smallest absolute Gasteiger partial charge is 0.270 e. The van der Waals surface area contributed by atoms with Crippen LogP contribution >= 0.6 is 11.8 Å². The number of hydrogen-bond donors (Lipinski definition) is 2. The molecule has 106 valence electrons. The number of sulfonamides is 1. The molecular formula is C10H15N3O4S2. The molecule has 0 heterocycles. The van der Waals surface area contributed by atoms with E-state index in [1.54, 1.807) is 7.05 Å². The Labute approximate surface area is 116 Å². The number of nitro groups is 1. The van der Waals surface area contributed by atoms with E-state index in [1.807, 2.05) is 6.26 Å². The zero-order valence-electron chi connectivity index (χ0n) is 10.5. The molecule has 0 aliphatic carbocycles. The van der Waals surface area contributed by atoms with E-state index in [0.29, 0.717) is 11.4 Å². The summed E-state index contributed by atoms with van der Waals surface area (Å²) in [5.74, 6) is 0.628. The van der Waals surface area contributed by atoms with E-state index in [1.165, 1.54) is 23.9 Å². The number of benzene rings is 1. The molecule has 0 bridgehead atoms. The van der Waals surface area contributed by atoms with Crippen molar-refractivity contribution in [2.24, 2.45) is 0 Å². The van der Waals surface area contributed by atoms with E-state index in [0.717, 1.165) is 6.07 Å². The van der Waals surface area contributed by atoms with Crippen LogP contribution in [-0.2, 0) is 10.0 Å². The van der Waals surface area contributed by atoms with Crippen LogP contribution in [0.4, 0.5) is 11.4 Å². The van der Waals surface area contributed by atoms with Crippen LogP contribution in [0.15, 0.2) is 23.1 Å². The third-order valence-corrected chi connectivity index (χ3v) is 4.45. The molecule has 0 aliphatic rings. The van der Waals surface area contributed by atoms with Crippen molar-refractivity contribution in [3.63, 3.8) is 0 Å². The molecule has 9 heteroatoms. The van der Waals surface area contributed by atoms with Crippen molar-refractivity contribution in [3.8, 4) is 0 Å². The van der Waals surface area contributed by atoms with Gasteiger partial charge in [-0.05, 0) is 12.3 Å². The monoisotopic (exact) mass is 305 g/mol. The Hall–Kier alpha value is -1.32. The summed E-state index contributed by atoms with van der Waals surface area (Å²) in [6.07, 6.45) is 1.86. The van der Waals surface area contributed by atoms with Gasteiger partial charge < -0.3 is 5.32 Å². The Kier molecular flexibility index (Phi) is 5.58. The van der Waals surface area contributed by atoms with Gasteiger partial charge >= 0.3 is 0 Å². The SMILES string of the molecule is CNc1ccc([N+](=O)[O-])cc1S(=O)(=O)NCCSC. The van der Waals surface area contributed by atoms with Gasteiger partial charge in [0, 0.05) is 31.5 Å². The predicted molar refractivity (Wildman–Crippen MR) is 76.2 cm³/mol. The molecule has 0 fully saturated rings. The molecule has 1 aromatic carbocycles. The summed E-state index contributed by atoms with van der Waals surface area (Å²) in [5.41, 5.74) is 0.0616. The lowest BCUT2D eigenvalue weighted by Crippen LogP contribution is -2.26. The van der Waals surface area contributed by atoms with Gasteiger partial charge in [0.05, 0.1) is 10.6 Å². The van der Waals surface area contributed by atoms with Gasteiger partial charge in [-0.25, -0.2) is 13.1 Å². The summed E-state index contributed by atoms with van der Waals surface area (Å²) in [6, 6.07) is 3.68. The summed E-state index contributed by atoms with van der Waals surface area (Å²) < 4.78 is 26.6. The maximum atomic E-state index is 12.1. The molecule has 0 saturated carbocycles. The van der Waals surface area contributed by atoms with E-state index in [-0.39, 0.29) is 17.1 Å². The van der Waals surface area contributed by atoms with Crippen LogP contribution < -0.4 is 10.0 Å². The largest absolute Gasteiger partial charge is 0.387 e. The standard InChI is InChI=1S/C10H15N3O4S2/c1-11-9-4-3-8(13(14)15)7-10(9)19(16,17)12-5-6-18-2/h3-4,7,11-12H,5-6H2,1-2H3. The first-order valence-electron chi connectivity index (χ1n) is 5.37. The van der Waals surface area contributed by atoms with E-state index >= 15 is 0 Å². The molecule has 7 nitrogen and oxygen atoms in total. The van der Waals surface area contributed by atoms with Crippen molar-refractivity contribution < 1.29 is 13.3 Å². The van der Waals surface area contributed by atoms with Crippen LogP contribution in [0.1, 0.15) is 0 Å². The summed E-state index contributed by atoms with van der Waals surface area (Å²) in [4.78, 5) is 9.96. The number of nitrogens with zero attached hydrogens (tertiary/aromatic N) is 1. The number of hydrogen-bond acceptors (Lipinski definition) is 6. The highest BCUT2D eigenvalue weighted by Crippen LogP contribution is 2.25. The van der Waals surface area contributed by atoms with Crippen molar-refractivity contribution in [2.75, 3.05) is 30.9 Å². The minimum absolute atomic E-state index is 0.120. The molecule has 0 spiro atoms. The molecule has 0 amide bonds. The third kappa shape index (κ3) is 4.08. The number of thioether (sulfide) groups is 1. The molecule has 0 aromatic heterocycles. The number of nitro benzene ring substituents is 1. The van der Waals surface area contributed by atoms with Crippen LogP contribution in [-0.4, -0.2) is 38.9 Å². The first-order chi connectivity index (χ1) is 8.92. The summed E-state index contributed by atoms with van der Waals surface area (Å²) in [6.45, 7) is 0.273. The predicted octanol–water partition coefficient (Wildman–Crippen LogP) is 1.28. The number of anilines is 1. The van der Waals surface area contributed by atoms with Crippen molar-refractivity contribution in [2.45, 2.75) is 4.90 Å². The number of non-ortho nitro benzene ring substituents is 1. The Bertz CT molecular complexity index is 560. The fourth-order valence-electron chi connectivity index (χ4n) is 1.41. The second kappa shape index (κ2) is 6.73. The quantitative estimate of drug-likeness (QED) is 0.447. The van der Waals surface area contributed by atoms with Crippen LogP contribution in [0.3, 0.4) is 0 Å². The second-order valence-electron chi connectivity index (χ2n) is 3.58. The van der Waals surface area contributed by atoms with Gasteiger partial charge in [0.2, 0.25) is 10.0 Å². The molecule has 0 atom stereocenters. The van der Waals surface area contributed by atoms with Crippen LogP contribution in [0.2, 0.25) is 0 Å². The lowest BCUT2D eigenvalue weighted by atomic mass is 10.3. The van der Waals surface area contributed by atoms with Crippen LogP contribution in [0.25, 0.3) is 0 Å². The van der Waals surface area contributed by atoms with E-state index < -0.39 is 14.9 Å². The Morgan fingerprint density at radius 2 is 2.11 bits per heavy atom. The second-order valence-corrected chi connectivity index (χ2v) is 6.30. The molecule has 0 radical (unpaired) electrons. The average molecular weight is 305 g/mol. The van der Waals surface area contributed by atoms with Crippen molar-refractivity contribution >= 4 is 33.2 Å². The Balaban J connectivity index is 3.15. The maximum Gasteiger partial charge on any atom is 0.270 e. The van der Waals surface area contributed by atoms with Gasteiger partial charge in [0.15, 0.2) is 0 Å². The summed E-state index contributed by atoms with van der Waals surface area (Å²) in [7, 11) is -2.20. The fourth-order valence-corrected chi connectivity index (χ4v) is 3.11. The molecule has 19 heavy (non-hydrogen) atoms. The molecule has 0 saturated heterocycles. The van der Waals surface area contributed by atoms with Gasteiger partial charge in [0.25, 0.3) is 5.69 Å². The number of rotatable bonds is 7. The van der Waals surface area contributed by atoms with Gasteiger partial charge in [-0.1, -0.05) is 0 Å². The highest BCUT2D eigenvalue weighted by molar-refractivity contribution is 7.98. The first-order valence-corrected chi connectivity index (χ1v) is 8.25. The van der Waals surface area contributed by atoms with Gasteiger partial charge in [-0.15, -0.1) is 0 Å². The minimum Gasteiger partial charge on any atom is -0.387 e. The highest BCUT2D eigenvalue weighted by Gasteiger charge is 2.21. The maximum absolute atomic E-state index is 12.1. The highest BCUT2D eigenvalue weighted by atomic mass is 32.2. The van der Waals surface area contributed by atoms with Gasteiger partial charge in [-0.3, -0.25) is 10.1 Å². The number of nitrogens with one attached hydrogen (secondary N) is 2.